The van der Waals surface area contributed by atoms with Gasteiger partial charge in [0, 0.05) is 16.0 Å². The van der Waals surface area contributed by atoms with Gasteiger partial charge >= 0.3 is 0 Å². The maximum atomic E-state index is 12.8. The van der Waals surface area contributed by atoms with E-state index >= 15 is 0 Å². The lowest BCUT2D eigenvalue weighted by Gasteiger charge is -2.26. The summed E-state index contributed by atoms with van der Waals surface area (Å²) in [6.45, 7) is 3.00. The Morgan fingerprint density at radius 3 is 2.74 bits per heavy atom. The molecule has 0 spiro atoms. The molecule has 4 aromatic rings. The molecule has 7 heteroatoms. The Kier molecular flexibility index (Phi) is 6.34. The van der Waals surface area contributed by atoms with E-state index in [2.05, 4.69) is 16.4 Å². The Morgan fingerprint density at radius 1 is 1.13 bits per heavy atom. The standard InChI is InChI=1S/C24H23N3O2S2/c1-16-9-10-17-13-18(23(28)25-21(17)12-16)14-27(15-19-6-5-11-31-19)24(30)26-20-7-3-4-8-22(20)29-2/h3-13H,14-15H2,1-2H3,(H,25,28)(H,26,30). The zero-order chi connectivity index (χ0) is 21.8. The van der Waals surface area contributed by atoms with Gasteiger partial charge < -0.3 is 19.9 Å². The molecule has 0 saturated carbocycles. The summed E-state index contributed by atoms with van der Waals surface area (Å²) in [7, 11) is 1.63. The molecule has 5 nitrogen and oxygen atoms in total. The second kappa shape index (κ2) is 9.32. The minimum absolute atomic E-state index is 0.102. The summed E-state index contributed by atoms with van der Waals surface area (Å²) in [4.78, 5) is 19.0. The highest BCUT2D eigenvalue weighted by Crippen LogP contribution is 2.24. The first kappa shape index (κ1) is 21.1. The van der Waals surface area contributed by atoms with Crippen molar-refractivity contribution in [2.75, 3.05) is 12.4 Å². The summed E-state index contributed by atoms with van der Waals surface area (Å²) in [5.74, 6) is 0.708. The first-order valence-electron chi connectivity index (χ1n) is 9.87. The van der Waals surface area contributed by atoms with E-state index in [4.69, 9.17) is 17.0 Å². The summed E-state index contributed by atoms with van der Waals surface area (Å²) < 4.78 is 5.43. The number of methoxy groups -OCH3 is 1. The Bertz CT molecular complexity index is 1270. The average Bonchev–Trinajstić information content (AvgIpc) is 3.27. The number of thiocarbonyl (C=S) groups is 1. The van der Waals surface area contributed by atoms with Crippen LogP contribution in [0.5, 0.6) is 5.75 Å². The molecule has 2 N–H and O–H groups in total. The first-order valence-corrected chi connectivity index (χ1v) is 11.2. The molecule has 0 amide bonds. The number of aryl methyl sites for hydroxylation is 1. The number of anilines is 1. The van der Waals surface area contributed by atoms with E-state index in [1.54, 1.807) is 18.4 Å². The molecule has 0 unspecified atom stereocenters. The Hall–Kier alpha value is -3.16. The van der Waals surface area contributed by atoms with Crippen LogP contribution < -0.4 is 15.6 Å². The molecule has 4 rings (SSSR count). The molecule has 0 aliphatic heterocycles. The van der Waals surface area contributed by atoms with Gasteiger partial charge in [-0.3, -0.25) is 4.79 Å². The van der Waals surface area contributed by atoms with E-state index in [9.17, 15) is 4.79 Å². The summed E-state index contributed by atoms with van der Waals surface area (Å²) in [5.41, 5.74) is 3.30. The van der Waals surface area contributed by atoms with E-state index < -0.39 is 0 Å². The number of H-pyrrole nitrogens is 1. The third-order valence-electron chi connectivity index (χ3n) is 5.00. The molecule has 0 atom stereocenters. The molecular weight excluding hydrogens is 426 g/mol. The van der Waals surface area contributed by atoms with Crippen molar-refractivity contribution in [1.29, 1.82) is 0 Å². The number of hydrogen-bond acceptors (Lipinski definition) is 4. The van der Waals surface area contributed by atoms with E-state index in [0.717, 1.165) is 27.0 Å². The van der Waals surface area contributed by atoms with E-state index in [0.29, 0.717) is 29.5 Å². The van der Waals surface area contributed by atoms with Gasteiger partial charge in [0.15, 0.2) is 5.11 Å². The normalized spacial score (nSPS) is 10.8. The van der Waals surface area contributed by atoms with Gasteiger partial charge in [-0.25, -0.2) is 0 Å². The van der Waals surface area contributed by atoms with Crippen LogP contribution in [0.2, 0.25) is 0 Å². The van der Waals surface area contributed by atoms with Gasteiger partial charge in [0.25, 0.3) is 5.56 Å². The quantitative estimate of drug-likeness (QED) is 0.391. The lowest BCUT2D eigenvalue weighted by molar-refractivity contribution is 0.410. The molecule has 0 bridgehead atoms. The van der Waals surface area contributed by atoms with Crippen LogP contribution in [0.1, 0.15) is 16.0 Å². The van der Waals surface area contributed by atoms with Gasteiger partial charge in [0.1, 0.15) is 5.75 Å². The SMILES string of the molecule is COc1ccccc1NC(=S)N(Cc1cccs1)Cc1cc2ccc(C)cc2[nH]c1=O. The van der Waals surface area contributed by atoms with Crippen molar-refractivity contribution in [3.8, 4) is 5.75 Å². The molecule has 0 aliphatic rings. The average molecular weight is 450 g/mol. The fraction of sp³-hybridized carbons (Fsp3) is 0.167. The Balaban J connectivity index is 1.64. The number of benzene rings is 2. The third kappa shape index (κ3) is 4.95. The van der Waals surface area contributed by atoms with Crippen molar-refractivity contribution in [3.05, 3.63) is 92.4 Å². The van der Waals surface area contributed by atoms with Gasteiger partial charge in [-0.1, -0.05) is 30.3 Å². The molecule has 2 aromatic heterocycles. The van der Waals surface area contributed by atoms with Crippen LogP contribution in [0, 0.1) is 6.92 Å². The number of nitrogens with one attached hydrogen (secondary N) is 2. The number of rotatable bonds is 6. The summed E-state index contributed by atoms with van der Waals surface area (Å²) in [6.07, 6.45) is 0. The van der Waals surface area contributed by atoms with E-state index in [-0.39, 0.29) is 5.56 Å². The van der Waals surface area contributed by atoms with Crippen molar-refractivity contribution >= 4 is 45.3 Å². The molecule has 0 radical (unpaired) electrons. The molecule has 2 heterocycles. The molecular formula is C24H23N3O2S2. The van der Waals surface area contributed by atoms with Crippen LogP contribution in [-0.2, 0) is 13.1 Å². The van der Waals surface area contributed by atoms with Crippen LogP contribution in [0.25, 0.3) is 10.9 Å². The minimum Gasteiger partial charge on any atom is -0.495 e. The van der Waals surface area contributed by atoms with Crippen LogP contribution in [0.15, 0.2) is 70.8 Å². The van der Waals surface area contributed by atoms with Crippen molar-refractivity contribution in [3.63, 3.8) is 0 Å². The molecule has 2 aromatic carbocycles. The predicted molar refractivity (Wildman–Crippen MR) is 132 cm³/mol. The van der Waals surface area contributed by atoms with Crippen molar-refractivity contribution in [2.45, 2.75) is 20.0 Å². The van der Waals surface area contributed by atoms with Crippen LogP contribution in [-0.4, -0.2) is 22.1 Å². The number of pyridine rings is 1. The maximum Gasteiger partial charge on any atom is 0.253 e. The van der Waals surface area contributed by atoms with Gasteiger partial charge in [0.05, 0.1) is 25.9 Å². The van der Waals surface area contributed by atoms with Crippen LogP contribution in [0.4, 0.5) is 5.69 Å². The smallest absolute Gasteiger partial charge is 0.253 e. The zero-order valence-corrected chi connectivity index (χ0v) is 19.0. The van der Waals surface area contributed by atoms with Gasteiger partial charge in [-0.2, -0.15) is 0 Å². The van der Waals surface area contributed by atoms with Crippen molar-refractivity contribution < 1.29 is 4.74 Å². The minimum atomic E-state index is -0.102. The number of ether oxygens (including phenoxy) is 1. The number of nitrogens with zero attached hydrogens (tertiary/aromatic N) is 1. The van der Waals surface area contributed by atoms with Crippen molar-refractivity contribution in [2.24, 2.45) is 0 Å². The summed E-state index contributed by atoms with van der Waals surface area (Å²) >= 11 is 7.41. The third-order valence-corrected chi connectivity index (χ3v) is 6.22. The first-order chi connectivity index (χ1) is 15.0. The number of aromatic nitrogens is 1. The molecule has 158 valence electrons. The monoisotopic (exact) mass is 449 g/mol. The molecule has 31 heavy (non-hydrogen) atoms. The highest BCUT2D eigenvalue weighted by Gasteiger charge is 2.16. The van der Waals surface area contributed by atoms with Gasteiger partial charge in [0.2, 0.25) is 0 Å². The highest BCUT2D eigenvalue weighted by atomic mass is 32.1. The molecule has 0 aliphatic carbocycles. The predicted octanol–water partition coefficient (Wildman–Crippen LogP) is 5.31. The lowest BCUT2D eigenvalue weighted by Crippen LogP contribution is -2.35. The highest BCUT2D eigenvalue weighted by molar-refractivity contribution is 7.80. The number of fused-ring (bicyclic) bond motifs is 1. The fourth-order valence-electron chi connectivity index (χ4n) is 3.42. The van der Waals surface area contributed by atoms with E-state index in [1.165, 1.54) is 0 Å². The van der Waals surface area contributed by atoms with Crippen LogP contribution in [0.3, 0.4) is 0 Å². The molecule has 0 saturated heterocycles. The summed E-state index contributed by atoms with van der Waals surface area (Å²) in [5, 5.41) is 6.85. The van der Waals surface area contributed by atoms with E-state index in [1.807, 2.05) is 71.8 Å². The maximum absolute atomic E-state index is 12.8. The van der Waals surface area contributed by atoms with Crippen LogP contribution >= 0.6 is 23.6 Å². The fourth-order valence-corrected chi connectivity index (χ4v) is 4.37. The second-order valence-electron chi connectivity index (χ2n) is 7.28. The zero-order valence-electron chi connectivity index (χ0n) is 17.3. The molecule has 0 fully saturated rings. The largest absolute Gasteiger partial charge is 0.495 e. The summed E-state index contributed by atoms with van der Waals surface area (Å²) in [6, 6.07) is 19.7. The van der Waals surface area contributed by atoms with Crippen molar-refractivity contribution in [1.82, 2.24) is 9.88 Å². The second-order valence-corrected chi connectivity index (χ2v) is 8.70. The topological polar surface area (TPSA) is 57.4 Å². The number of hydrogen-bond donors (Lipinski definition) is 2. The lowest BCUT2D eigenvalue weighted by atomic mass is 10.1. The Labute approximate surface area is 190 Å². The Morgan fingerprint density at radius 2 is 1.97 bits per heavy atom. The number of thiophene rings is 1. The van der Waals surface area contributed by atoms with Gasteiger partial charge in [-0.05, 0) is 65.8 Å². The number of aromatic amines is 1. The van der Waals surface area contributed by atoms with Gasteiger partial charge in [-0.15, -0.1) is 11.3 Å². The number of para-hydroxylation sites is 2.